The summed E-state index contributed by atoms with van der Waals surface area (Å²) in [6.45, 7) is 12.2. The lowest BCUT2D eigenvalue weighted by Crippen LogP contribution is -2.46. The molecule has 1 N–H and O–H groups in total. The van der Waals surface area contributed by atoms with E-state index in [1.807, 2.05) is 13.8 Å². The van der Waals surface area contributed by atoms with Gasteiger partial charge in [-0.3, -0.25) is 0 Å². The minimum Gasteiger partial charge on any atom is -0.313 e. The second-order valence-corrected chi connectivity index (χ2v) is 8.75. The van der Waals surface area contributed by atoms with Gasteiger partial charge in [-0.1, -0.05) is 27.7 Å². The van der Waals surface area contributed by atoms with E-state index in [1.54, 1.807) is 11.2 Å². The minimum atomic E-state index is -3.14. The standard InChI is InChI=1S/C14H30N2O2S/c1-11(2)14-6-8-16(9-7-14)19(17,18)13(5)10-15-12(3)4/h11-15H,6-10H2,1-5H3. The number of hydrogen-bond acceptors (Lipinski definition) is 3. The van der Waals surface area contributed by atoms with Crippen molar-refractivity contribution < 1.29 is 8.42 Å². The predicted molar refractivity (Wildman–Crippen MR) is 80.7 cm³/mol. The fraction of sp³-hybridized carbons (Fsp3) is 1.00. The number of nitrogens with zero attached hydrogens (tertiary/aromatic N) is 1. The summed E-state index contributed by atoms with van der Waals surface area (Å²) in [6, 6.07) is 0.323. The number of nitrogens with one attached hydrogen (secondary N) is 1. The Kier molecular flexibility index (Phi) is 6.27. The zero-order valence-corrected chi connectivity index (χ0v) is 13.8. The van der Waals surface area contributed by atoms with Gasteiger partial charge >= 0.3 is 0 Å². The van der Waals surface area contributed by atoms with E-state index in [-0.39, 0.29) is 5.25 Å². The summed E-state index contributed by atoms with van der Waals surface area (Å²) in [5, 5.41) is 2.87. The van der Waals surface area contributed by atoms with E-state index in [0.29, 0.717) is 37.5 Å². The van der Waals surface area contributed by atoms with Gasteiger partial charge in [-0.2, -0.15) is 0 Å². The van der Waals surface area contributed by atoms with Crippen LogP contribution in [0.15, 0.2) is 0 Å². The van der Waals surface area contributed by atoms with Crippen molar-refractivity contribution in [2.45, 2.75) is 58.8 Å². The SMILES string of the molecule is CC(C)NCC(C)S(=O)(=O)N1CCC(C(C)C)CC1. The Morgan fingerprint density at radius 1 is 1.11 bits per heavy atom. The topological polar surface area (TPSA) is 49.4 Å². The van der Waals surface area contributed by atoms with Gasteiger partial charge in [0.15, 0.2) is 0 Å². The van der Waals surface area contributed by atoms with Crippen LogP contribution in [0.5, 0.6) is 0 Å². The molecule has 0 aliphatic carbocycles. The summed E-state index contributed by atoms with van der Waals surface area (Å²) in [6.07, 6.45) is 2.00. The fourth-order valence-corrected chi connectivity index (χ4v) is 4.09. The smallest absolute Gasteiger partial charge is 0.217 e. The van der Waals surface area contributed by atoms with Gasteiger partial charge in [0.05, 0.1) is 5.25 Å². The highest BCUT2D eigenvalue weighted by molar-refractivity contribution is 7.89. The van der Waals surface area contributed by atoms with Crippen LogP contribution in [0, 0.1) is 11.8 Å². The quantitative estimate of drug-likeness (QED) is 0.815. The van der Waals surface area contributed by atoms with E-state index < -0.39 is 10.0 Å². The molecule has 0 aromatic heterocycles. The second kappa shape index (κ2) is 7.04. The van der Waals surface area contributed by atoms with Crippen LogP contribution in [-0.2, 0) is 10.0 Å². The number of piperidine rings is 1. The van der Waals surface area contributed by atoms with Crippen molar-refractivity contribution >= 4 is 10.0 Å². The van der Waals surface area contributed by atoms with Crippen LogP contribution in [0.3, 0.4) is 0 Å². The summed E-state index contributed by atoms with van der Waals surface area (Å²) in [7, 11) is -3.14. The zero-order chi connectivity index (χ0) is 14.6. The lowest BCUT2D eigenvalue weighted by molar-refractivity contribution is 0.225. The number of hydrogen-bond donors (Lipinski definition) is 1. The van der Waals surface area contributed by atoms with Gasteiger partial charge in [0.2, 0.25) is 10.0 Å². The van der Waals surface area contributed by atoms with Crippen molar-refractivity contribution in [3.05, 3.63) is 0 Å². The average molecular weight is 290 g/mol. The van der Waals surface area contributed by atoms with Crippen LogP contribution in [0.2, 0.25) is 0 Å². The molecule has 1 saturated heterocycles. The predicted octanol–water partition coefficient (Wildman–Crippen LogP) is 2.07. The Morgan fingerprint density at radius 2 is 1.63 bits per heavy atom. The molecule has 1 aliphatic heterocycles. The molecule has 0 aromatic carbocycles. The van der Waals surface area contributed by atoms with Crippen LogP contribution < -0.4 is 5.32 Å². The maximum Gasteiger partial charge on any atom is 0.217 e. The Bertz CT molecular complexity index is 358. The van der Waals surface area contributed by atoms with Gasteiger partial charge in [-0.15, -0.1) is 0 Å². The molecular weight excluding hydrogens is 260 g/mol. The van der Waals surface area contributed by atoms with Gasteiger partial charge in [-0.05, 0) is 31.6 Å². The monoisotopic (exact) mass is 290 g/mol. The first-order valence-corrected chi connectivity index (χ1v) is 8.97. The van der Waals surface area contributed by atoms with Gasteiger partial charge in [-0.25, -0.2) is 12.7 Å². The maximum atomic E-state index is 12.5. The van der Waals surface area contributed by atoms with Gasteiger partial charge in [0.25, 0.3) is 0 Å². The first-order chi connectivity index (χ1) is 8.75. The third-order valence-electron chi connectivity index (χ3n) is 4.12. The van der Waals surface area contributed by atoms with Crippen molar-refractivity contribution in [2.24, 2.45) is 11.8 Å². The van der Waals surface area contributed by atoms with E-state index in [1.165, 1.54) is 0 Å². The van der Waals surface area contributed by atoms with Crippen LogP contribution in [0.1, 0.15) is 47.5 Å². The summed E-state index contributed by atoms with van der Waals surface area (Å²) in [4.78, 5) is 0. The van der Waals surface area contributed by atoms with Crippen molar-refractivity contribution in [3.8, 4) is 0 Å². The summed E-state index contributed by atoms with van der Waals surface area (Å²) >= 11 is 0. The zero-order valence-electron chi connectivity index (χ0n) is 13.0. The largest absolute Gasteiger partial charge is 0.313 e. The van der Waals surface area contributed by atoms with Gasteiger partial charge in [0, 0.05) is 25.7 Å². The number of rotatable bonds is 6. The Labute approximate surface area is 119 Å². The second-order valence-electron chi connectivity index (χ2n) is 6.40. The first kappa shape index (κ1) is 16.9. The molecule has 1 rings (SSSR count). The molecule has 1 atom stereocenters. The van der Waals surface area contributed by atoms with Crippen LogP contribution in [-0.4, -0.2) is 43.6 Å². The minimum absolute atomic E-state index is 0.323. The Morgan fingerprint density at radius 3 is 2.05 bits per heavy atom. The molecule has 5 heteroatoms. The van der Waals surface area contributed by atoms with Crippen LogP contribution >= 0.6 is 0 Å². The molecular formula is C14H30N2O2S. The third-order valence-corrected chi connectivity index (χ3v) is 6.39. The fourth-order valence-electron chi connectivity index (χ4n) is 2.56. The van der Waals surface area contributed by atoms with E-state index in [2.05, 4.69) is 19.2 Å². The Balaban J connectivity index is 2.54. The van der Waals surface area contributed by atoms with Crippen molar-refractivity contribution in [2.75, 3.05) is 19.6 Å². The lowest BCUT2D eigenvalue weighted by atomic mass is 9.87. The molecule has 0 saturated carbocycles. The molecule has 4 nitrogen and oxygen atoms in total. The van der Waals surface area contributed by atoms with E-state index in [4.69, 9.17) is 0 Å². The van der Waals surface area contributed by atoms with E-state index in [9.17, 15) is 8.42 Å². The van der Waals surface area contributed by atoms with Crippen molar-refractivity contribution in [1.82, 2.24) is 9.62 Å². The molecule has 0 amide bonds. The first-order valence-electron chi connectivity index (χ1n) is 7.47. The summed E-state index contributed by atoms with van der Waals surface area (Å²) < 4.78 is 26.6. The molecule has 0 bridgehead atoms. The van der Waals surface area contributed by atoms with Crippen molar-refractivity contribution in [1.29, 1.82) is 0 Å². The van der Waals surface area contributed by atoms with E-state index >= 15 is 0 Å². The lowest BCUT2D eigenvalue weighted by Gasteiger charge is -2.34. The normalized spacial score (nSPS) is 21.2. The molecule has 1 aliphatic rings. The molecule has 1 unspecified atom stereocenters. The molecule has 0 spiro atoms. The highest BCUT2D eigenvalue weighted by Crippen LogP contribution is 2.26. The van der Waals surface area contributed by atoms with E-state index in [0.717, 1.165) is 12.8 Å². The van der Waals surface area contributed by atoms with Gasteiger partial charge in [0.1, 0.15) is 0 Å². The molecule has 0 aromatic rings. The average Bonchev–Trinajstić information content (AvgIpc) is 2.35. The van der Waals surface area contributed by atoms with Crippen LogP contribution in [0.25, 0.3) is 0 Å². The molecule has 1 fully saturated rings. The molecule has 114 valence electrons. The highest BCUT2D eigenvalue weighted by atomic mass is 32.2. The molecule has 1 heterocycles. The maximum absolute atomic E-state index is 12.5. The van der Waals surface area contributed by atoms with Crippen molar-refractivity contribution in [3.63, 3.8) is 0 Å². The van der Waals surface area contributed by atoms with Gasteiger partial charge < -0.3 is 5.32 Å². The number of sulfonamides is 1. The molecule has 19 heavy (non-hydrogen) atoms. The summed E-state index contributed by atoms with van der Waals surface area (Å²) in [5.74, 6) is 1.33. The summed E-state index contributed by atoms with van der Waals surface area (Å²) in [5.41, 5.74) is 0. The highest BCUT2D eigenvalue weighted by Gasteiger charge is 2.32. The van der Waals surface area contributed by atoms with Crippen LogP contribution in [0.4, 0.5) is 0 Å². The Hall–Kier alpha value is -0.130. The molecule has 0 radical (unpaired) electrons. The third kappa shape index (κ3) is 4.72.